The van der Waals surface area contributed by atoms with Gasteiger partial charge >= 0.3 is 0 Å². The number of benzene rings is 1. The van der Waals surface area contributed by atoms with E-state index >= 15 is 0 Å². The van der Waals surface area contributed by atoms with E-state index in [0.29, 0.717) is 6.54 Å². The molecule has 0 saturated heterocycles. The molecule has 1 aromatic rings. The Labute approximate surface area is 116 Å². The molecule has 3 N–H and O–H groups in total. The van der Waals surface area contributed by atoms with Gasteiger partial charge in [-0.15, -0.1) is 0 Å². The van der Waals surface area contributed by atoms with Gasteiger partial charge in [0.05, 0.1) is 12.8 Å². The molecule has 0 aliphatic carbocycles. The van der Waals surface area contributed by atoms with Crippen molar-refractivity contribution in [2.45, 2.75) is 25.7 Å². The van der Waals surface area contributed by atoms with Crippen LogP contribution in [0.2, 0.25) is 0 Å². The predicted molar refractivity (Wildman–Crippen MR) is 79.8 cm³/mol. The van der Waals surface area contributed by atoms with E-state index in [0.717, 1.165) is 50.2 Å². The summed E-state index contributed by atoms with van der Waals surface area (Å²) in [5.74, 6) is 0.904. The second kappa shape index (κ2) is 9.64. The average molecular weight is 266 g/mol. The highest BCUT2D eigenvalue weighted by Crippen LogP contribution is 2.28. The number of unbranched alkanes of at least 4 members (excludes halogenated alkanes) is 2. The van der Waals surface area contributed by atoms with Gasteiger partial charge in [-0.25, -0.2) is 0 Å². The molecular formula is C15H26N2O2. The zero-order chi connectivity index (χ0) is 13.9. The molecule has 0 bridgehead atoms. The van der Waals surface area contributed by atoms with E-state index in [2.05, 4.69) is 11.0 Å². The van der Waals surface area contributed by atoms with Gasteiger partial charge in [0.15, 0.2) is 0 Å². The molecule has 0 atom stereocenters. The van der Waals surface area contributed by atoms with Crippen molar-refractivity contribution >= 4 is 5.69 Å². The first-order chi connectivity index (χ1) is 9.33. The second-order valence-electron chi connectivity index (χ2n) is 4.59. The molecule has 0 unspecified atom stereocenters. The minimum absolute atomic E-state index is 0.275. The molecule has 4 nitrogen and oxygen atoms in total. The van der Waals surface area contributed by atoms with Crippen LogP contribution in [0.15, 0.2) is 24.3 Å². The lowest BCUT2D eigenvalue weighted by Crippen LogP contribution is -2.27. The number of ether oxygens (including phenoxy) is 1. The van der Waals surface area contributed by atoms with E-state index in [1.54, 1.807) is 7.11 Å². The van der Waals surface area contributed by atoms with Crippen LogP contribution in [0.5, 0.6) is 5.75 Å². The van der Waals surface area contributed by atoms with Crippen LogP contribution in [0, 0.1) is 0 Å². The molecule has 0 radical (unpaired) electrons. The van der Waals surface area contributed by atoms with Gasteiger partial charge in [-0.3, -0.25) is 0 Å². The first kappa shape index (κ1) is 15.8. The number of hydrogen-bond donors (Lipinski definition) is 2. The number of rotatable bonds is 10. The number of methoxy groups -OCH3 is 1. The smallest absolute Gasteiger partial charge is 0.142 e. The molecule has 0 aliphatic heterocycles. The summed E-state index contributed by atoms with van der Waals surface area (Å²) in [7, 11) is 1.70. The van der Waals surface area contributed by atoms with Crippen LogP contribution in [-0.2, 0) is 0 Å². The van der Waals surface area contributed by atoms with Crippen LogP contribution in [0.1, 0.15) is 25.7 Å². The number of hydrogen-bond acceptors (Lipinski definition) is 4. The van der Waals surface area contributed by atoms with Gasteiger partial charge in [0, 0.05) is 19.7 Å². The molecular weight excluding hydrogens is 240 g/mol. The fraction of sp³-hybridized carbons (Fsp3) is 0.600. The Bertz CT molecular complexity index is 345. The minimum Gasteiger partial charge on any atom is -0.495 e. The maximum absolute atomic E-state index is 8.82. The summed E-state index contributed by atoms with van der Waals surface area (Å²) < 4.78 is 5.42. The number of anilines is 1. The molecule has 0 amide bonds. The molecule has 1 aromatic carbocycles. The summed E-state index contributed by atoms with van der Waals surface area (Å²) in [4.78, 5) is 2.32. The molecule has 0 saturated carbocycles. The van der Waals surface area contributed by atoms with Crippen LogP contribution in [-0.4, -0.2) is 38.5 Å². The van der Waals surface area contributed by atoms with Gasteiger partial charge in [-0.2, -0.15) is 0 Å². The zero-order valence-corrected chi connectivity index (χ0v) is 11.8. The Balaban J connectivity index is 2.65. The highest BCUT2D eigenvalue weighted by Gasteiger charge is 2.10. The zero-order valence-electron chi connectivity index (χ0n) is 11.8. The summed E-state index contributed by atoms with van der Waals surface area (Å²) in [6, 6.07) is 8.08. The Morgan fingerprint density at radius 1 is 1.11 bits per heavy atom. The largest absolute Gasteiger partial charge is 0.495 e. The highest BCUT2D eigenvalue weighted by atomic mass is 16.5. The van der Waals surface area contributed by atoms with E-state index in [9.17, 15) is 0 Å². The third-order valence-electron chi connectivity index (χ3n) is 3.14. The SMILES string of the molecule is COc1ccccc1N(CCCN)CCCCCO. The summed E-state index contributed by atoms with van der Waals surface area (Å²) in [6.45, 7) is 2.89. The summed E-state index contributed by atoms with van der Waals surface area (Å²) in [5, 5.41) is 8.82. The van der Waals surface area contributed by atoms with Crippen molar-refractivity contribution in [2.24, 2.45) is 5.73 Å². The molecule has 4 heteroatoms. The summed E-state index contributed by atoms with van der Waals surface area (Å²) in [6.07, 6.45) is 3.96. The summed E-state index contributed by atoms with van der Waals surface area (Å²) >= 11 is 0. The van der Waals surface area contributed by atoms with Crippen molar-refractivity contribution in [2.75, 3.05) is 38.3 Å². The molecule has 0 heterocycles. The van der Waals surface area contributed by atoms with Crippen molar-refractivity contribution in [1.82, 2.24) is 0 Å². The Kier molecular flexibility index (Phi) is 8.02. The van der Waals surface area contributed by atoms with Crippen LogP contribution >= 0.6 is 0 Å². The number of para-hydroxylation sites is 2. The quantitative estimate of drug-likeness (QED) is 0.636. The van der Waals surface area contributed by atoms with Crippen LogP contribution in [0.3, 0.4) is 0 Å². The van der Waals surface area contributed by atoms with Gasteiger partial charge in [0.2, 0.25) is 0 Å². The molecule has 0 aliphatic rings. The normalized spacial score (nSPS) is 10.5. The van der Waals surface area contributed by atoms with Crippen molar-refractivity contribution < 1.29 is 9.84 Å². The summed E-state index contributed by atoms with van der Waals surface area (Å²) in [5.41, 5.74) is 6.74. The van der Waals surface area contributed by atoms with Gasteiger partial charge < -0.3 is 20.5 Å². The first-order valence-corrected chi connectivity index (χ1v) is 7.02. The number of nitrogens with two attached hydrogens (primary N) is 1. The Morgan fingerprint density at radius 3 is 2.53 bits per heavy atom. The van der Waals surface area contributed by atoms with Crippen LogP contribution < -0.4 is 15.4 Å². The van der Waals surface area contributed by atoms with Gasteiger partial charge in [-0.05, 0) is 44.4 Å². The third kappa shape index (κ3) is 5.49. The van der Waals surface area contributed by atoms with E-state index in [4.69, 9.17) is 15.6 Å². The van der Waals surface area contributed by atoms with E-state index < -0.39 is 0 Å². The fourth-order valence-electron chi connectivity index (χ4n) is 2.12. The van der Waals surface area contributed by atoms with Gasteiger partial charge in [0.1, 0.15) is 5.75 Å². The second-order valence-corrected chi connectivity index (χ2v) is 4.59. The van der Waals surface area contributed by atoms with E-state index in [1.165, 1.54) is 0 Å². The molecule has 108 valence electrons. The first-order valence-electron chi connectivity index (χ1n) is 7.02. The third-order valence-corrected chi connectivity index (χ3v) is 3.14. The molecule has 0 fully saturated rings. The highest BCUT2D eigenvalue weighted by molar-refractivity contribution is 5.58. The van der Waals surface area contributed by atoms with E-state index in [-0.39, 0.29) is 6.61 Å². The van der Waals surface area contributed by atoms with E-state index in [1.807, 2.05) is 18.2 Å². The fourth-order valence-corrected chi connectivity index (χ4v) is 2.12. The van der Waals surface area contributed by atoms with Crippen molar-refractivity contribution in [1.29, 1.82) is 0 Å². The molecule has 0 aromatic heterocycles. The molecule has 0 spiro atoms. The number of nitrogens with zero attached hydrogens (tertiary/aromatic N) is 1. The van der Waals surface area contributed by atoms with Crippen molar-refractivity contribution in [3.8, 4) is 5.75 Å². The topological polar surface area (TPSA) is 58.7 Å². The maximum atomic E-state index is 8.82. The monoisotopic (exact) mass is 266 g/mol. The predicted octanol–water partition coefficient (Wildman–Crippen LogP) is 2.01. The van der Waals surface area contributed by atoms with Gasteiger partial charge in [-0.1, -0.05) is 12.1 Å². The van der Waals surface area contributed by atoms with Gasteiger partial charge in [0.25, 0.3) is 0 Å². The lowest BCUT2D eigenvalue weighted by atomic mass is 10.2. The lowest BCUT2D eigenvalue weighted by Gasteiger charge is -2.26. The average Bonchev–Trinajstić information content (AvgIpc) is 2.46. The number of aliphatic hydroxyl groups is 1. The Morgan fingerprint density at radius 2 is 1.84 bits per heavy atom. The van der Waals surface area contributed by atoms with Crippen LogP contribution in [0.4, 0.5) is 5.69 Å². The lowest BCUT2D eigenvalue weighted by molar-refractivity contribution is 0.283. The molecule has 1 rings (SSSR count). The molecule has 19 heavy (non-hydrogen) atoms. The maximum Gasteiger partial charge on any atom is 0.142 e. The minimum atomic E-state index is 0.275. The Hall–Kier alpha value is -1.26. The van der Waals surface area contributed by atoms with Crippen LogP contribution in [0.25, 0.3) is 0 Å². The number of aliphatic hydroxyl groups excluding tert-OH is 1. The standard InChI is InChI=1S/C15H26N2O2/c1-19-15-9-4-3-8-14(15)17(12-7-10-16)11-5-2-6-13-18/h3-4,8-9,18H,2,5-7,10-13,16H2,1H3. The van der Waals surface area contributed by atoms with Crippen molar-refractivity contribution in [3.63, 3.8) is 0 Å². The van der Waals surface area contributed by atoms with Crippen molar-refractivity contribution in [3.05, 3.63) is 24.3 Å².